The van der Waals surface area contributed by atoms with Crippen LogP contribution >= 0.6 is 0 Å². The molecule has 4 saturated carbocycles. The van der Waals surface area contributed by atoms with Crippen molar-refractivity contribution in [3.63, 3.8) is 0 Å². The van der Waals surface area contributed by atoms with Crippen molar-refractivity contribution in [3.8, 4) is 6.07 Å². The molecule has 0 aliphatic heterocycles. The molecule has 0 radical (unpaired) electrons. The fourth-order valence-electron chi connectivity index (χ4n) is 7.99. The summed E-state index contributed by atoms with van der Waals surface area (Å²) < 4.78 is 0. The highest BCUT2D eigenvalue weighted by Crippen LogP contribution is 2.70. The predicted octanol–water partition coefficient (Wildman–Crippen LogP) is 5.95. The summed E-state index contributed by atoms with van der Waals surface area (Å²) >= 11 is 0. The van der Waals surface area contributed by atoms with E-state index in [0.717, 1.165) is 23.7 Å². The zero-order valence-corrected chi connectivity index (χ0v) is 14.8. The first-order valence-corrected chi connectivity index (χ1v) is 9.87. The van der Waals surface area contributed by atoms with Crippen molar-refractivity contribution in [2.75, 3.05) is 0 Å². The molecule has 0 aromatic carbocycles. The third-order valence-electron chi connectivity index (χ3n) is 9.17. The maximum absolute atomic E-state index is 10.1. The second-order valence-corrected chi connectivity index (χ2v) is 9.86. The lowest BCUT2D eigenvalue weighted by atomic mass is 9.40. The van der Waals surface area contributed by atoms with Crippen LogP contribution in [-0.2, 0) is 0 Å². The van der Waals surface area contributed by atoms with E-state index in [4.69, 9.17) is 0 Å². The van der Waals surface area contributed by atoms with Crippen LogP contribution in [0.3, 0.4) is 0 Å². The molecule has 0 spiro atoms. The van der Waals surface area contributed by atoms with E-state index in [1.807, 2.05) is 0 Å². The van der Waals surface area contributed by atoms with E-state index in [-0.39, 0.29) is 5.41 Å². The van der Waals surface area contributed by atoms with Crippen molar-refractivity contribution in [1.82, 2.24) is 0 Å². The molecule has 122 valence electrons. The Morgan fingerprint density at radius 2 is 1.64 bits per heavy atom. The fourth-order valence-corrected chi connectivity index (χ4v) is 7.99. The summed E-state index contributed by atoms with van der Waals surface area (Å²) in [7, 11) is 0. The Balaban J connectivity index is 1.73. The topological polar surface area (TPSA) is 23.8 Å². The van der Waals surface area contributed by atoms with Gasteiger partial charge in [0.2, 0.25) is 0 Å². The maximum Gasteiger partial charge on any atom is 0.0695 e. The minimum atomic E-state index is 0.0159. The Morgan fingerprint density at radius 1 is 0.909 bits per heavy atom. The Bertz CT molecular complexity index is 505. The Hall–Kier alpha value is -0.510. The van der Waals surface area contributed by atoms with Crippen LogP contribution in [0.15, 0.2) is 0 Å². The van der Waals surface area contributed by atoms with Gasteiger partial charge >= 0.3 is 0 Å². The first-order valence-electron chi connectivity index (χ1n) is 9.87. The van der Waals surface area contributed by atoms with Gasteiger partial charge in [-0.05, 0) is 85.9 Å². The normalized spacial score (nSPS) is 57.4. The summed E-state index contributed by atoms with van der Waals surface area (Å²) in [6.45, 7) is 7.63. The molecule has 0 heterocycles. The smallest absolute Gasteiger partial charge is 0.0695 e. The van der Waals surface area contributed by atoms with Crippen molar-refractivity contribution in [2.45, 2.75) is 85.0 Å². The van der Waals surface area contributed by atoms with Crippen LogP contribution in [0.25, 0.3) is 0 Å². The van der Waals surface area contributed by atoms with E-state index in [0.29, 0.717) is 10.8 Å². The van der Waals surface area contributed by atoms with Gasteiger partial charge in [0, 0.05) is 0 Å². The van der Waals surface area contributed by atoms with Gasteiger partial charge in [0.25, 0.3) is 0 Å². The van der Waals surface area contributed by atoms with E-state index in [9.17, 15) is 5.26 Å². The van der Waals surface area contributed by atoms with Gasteiger partial charge in [0.1, 0.15) is 0 Å². The molecule has 0 saturated heterocycles. The highest BCUT2D eigenvalue weighted by atomic mass is 14.7. The average Bonchev–Trinajstić information content (AvgIpc) is 2.82. The average molecular weight is 300 g/mol. The zero-order valence-electron chi connectivity index (χ0n) is 14.8. The van der Waals surface area contributed by atoms with Gasteiger partial charge in [-0.1, -0.05) is 33.6 Å². The molecule has 0 aromatic rings. The van der Waals surface area contributed by atoms with Gasteiger partial charge in [0.15, 0.2) is 0 Å². The van der Waals surface area contributed by atoms with Crippen LogP contribution in [0, 0.1) is 51.2 Å². The van der Waals surface area contributed by atoms with E-state index in [1.165, 1.54) is 64.2 Å². The maximum atomic E-state index is 10.1. The highest BCUT2D eigenvalue weighted by Gasteiger charge is 2.63. The first kappa shape index (κ1) is 15.0. The van der Waals surface area contributed by atoms with Crippen molar-refractivity contribution in [1.29, 1.82) is 5.26 Å². The predicted molar refractivity (Wildman–Crippen MR) is 90.1 cm³/mol. The SMILES string of the molecule is C[C@@H]1CC[C@@]2(C)CC[C@@H]3[C@@H](CC[C@@]4(C#N)CCCC[C@]34C)[C@H]12. The van der Waals surface area contributed by atoms with Crippen LogP contribution in [0.5, 0.6) is 0 Å². The lowest BCUT2D eigenvalue weighted by Crippen LogP contribution is -2.57. The highest BCUT2D eigenvalue weighted by molar-refractivity contribution is 5.18. The van der Waals surface area contributed by atoms with Gasteiger partial charge in [-0.15, -0.1) is 0 Å². The fraction of sp³-hybridized carbons (Fsp3) is 0.952. The molecule has 0 amide bonds. The van der Waals surface area contributed by atoms with Gasteiger partial charge in [-0.2, -0.15) is 5.26 Å². The van der Waals surface area contributed by atoms with Crippen LogP contribution in [0.1, 0.15) is 85.0 Å². The van der Waals surface area contributed by atoms with Crippen LogP contribution in [0.4, 0.5) is 0 Å². The van der Waals surface area contributed by atoms with E-state index < -0.39 is 0 Å². The van der Waals surface area contributed by atoms with E-state index in [2.05, 4.69) is 26.8 Å². The molecule has 22 heavy (non-hydrogen) atoms. The van der Waals surface area contributed by atoms with E-state index in [1.54, 1.807) is 0 Å². The van der Waals surface area contributed by atoms with Crippen LogP contribution < -0.4 is 0 Å². The third kappa shape index (κ3) is 1.71. The molecule has 7 atom stereocenters. The summed E-state index contributed by atoms with van der Waals surface area (Å²) in [5, 5.41) is 10.1. The number of hydrogen-bond donors (Lipinski definition) is 0. The molecule has 1 heteroatoms. The van der Waals surface area contributed by atoms with Gasteiger partial charge in [-0.3, -0.25) is 0 Å². The molecule has 1 nitrogen and oxygen atoms in total. The standard InChI is InChI=1S/C21H33N/c1-15-6-11-19(2)12-8-17-16(18(15)19)7-13-21(14-22)10-5-4-9-20(17,21)3/h15-18H,4-13H2,1-3H3/t15-,16-,17-,18+,19+,20-,21-/m1/s1. The molecule has 0 bridgehead atoms. The largest absolute Gasteiger partial charge is 0.198 e. The van der Waals surface area contributed by atoms with Gasteiger partial charge in [-0.25, -0.2) is 0 Å². The summed E-state index contributed by atoms with van der Waals surface area (Å²) in [5.41, 5.74) is 0.951. The van der Waals surface area contributed by atoms with Crippen molar-refractivity contribution >= 4 is 0 Å². The van der Waals surface area contributed by atoms with Gasteiger partial charge < -0.3 is 0 Å². The molecule has 0 aromatic heterocycles. The molecule has 4 fully saturated rings. The molecule has 0 N–H and O–H groups in total. The number of nitrogens with zero attached hydrogens (tertiary/aromatic N) is 1. The minimum absolute atomic E-state index is 0.0159. The molecule has 4 aliphatic carbocycles. The Labute approximate surface area is 136 Å². The molecule has 0 unspecified atom stereocenters. The monoisotopic (exact) mass is 299 g/mol. The second-order valence-electron chi connectivity index (χ2n) is 9.86. The number of fused-ring (bicyclic) bond motifs is 5. The summed E-state index contributed by atoms with van der Waals surface area (Å²) in [6.07, 6.45) is 13.4. The molecule has 4 rings (SSSR count). The number of rotatable bonds is 0. The summed E-state index contributed by atoms with van der Waals surface area (Å²) in [4.78, 5) is 0. The second kappa shape index (κ2) is 4.75. The third-order valence-corrected chi connectivity index (χ3v) is 9.17. The Morgan fingerprint density at radius 3 is 2.41 bits per heavy atom. The van der Waals surface area contributed by atoms with Crippen molar-refractivity contribution in [3.05, 3.63) is 0 Å². The zero-order chi connectivity index (χ0) is 15.6. The van der Waals surface area contributed by atoms with Crippen LogP contribution in [0.2, 0.25) is 0 Å². The molecular formula is C21H33N. The van der Waals surface area contributed by atoms with Crippen molar-refractivity contribution < 1.29 is 0 Å². The Kier molecular flexibility index (Phi) is 3.25. The summed E-state index contributed by atoms with van der Waals surface area (Å²) in [5.74, 6) is 3.61. The minimum Gasteiger partial charge on any atom is -0.198 e. The van der Waals surface area contributed by atoms with Crippen LogP contribution in [-0.4, -0.2) is 0 Å². The lowest BCUT2D eigenvalue weighted by molar-refractivity contribution is -0.137. The number of nitriles is 1. The lowest BCUT2D eigenvalue weighted by Gasteiger charge is -2.63. The first-order chi connectivity index (χ1) is 10.5. The molecular weight excluding hydrogens is 266 g/mol. The quantitative estimate of drug-likeness (QED) is 0.542. The summed E-state index contributed by atoms with van der Waals surface area (Å²) in [6, 6.07) is 2.87. The molecule has 4 aliphatic rings. The van der Waals surface area contributed by atoms with E-state index >= 15 is 0 Å². The van der Waals surface area contributed by atoms with Crippen molar-refractivity contribution in [2.24, 2.45) is 39.9 Å². The van der Waals surface area contributed by atoms with Gasteiger partial charge in [0.05, 0.1) is 11.5 Å². The number of hydrogen-bond acceptors (Lipinski definition) is 1.